The number of carbonyl (C=O) groups is 1. The predicted molar refractivity (Wildman–Crippen MR) is 119 cm³/mol. The minimum absolute atomic E-state index is 0.0157. The molecule has 1 aliphatic rings. The van der Waals surface area contributed by atoms with Crippen molar-refractivity contribution in [2.75, 3.05) is 33.9 Å². The van der Waals surface area contributed by atoms with E-state index in [1.807, 2.05) is 37.4 Å². The highest BCUT2D eigenvalue weighted by Crippen LogP contribution is 2.30. The number of likely N-dealkylation sites (tertiary alicyclic amines) is 1. The zero-order valence-electron chi connectivity index (χ0n) is 18.8. The summed E-state index contributed by atoms with van der Waals surface area (Å²) in [4.78, 5) is 12.5. The maximum Gasteiger partial charge on any atom is 0.516 e. The Labute approximate surface area is 184 Å². The number of methoxy groups -OCH3 is 1. The molecule has 2 aromatic rings. The van der Waals surface area contributed by atoms with Gasteiger partial charge >= 0.3 is 6.09 Å². The second-order valence-corrected chi connectivity index (χ2v) is 8.29. The molecule has 1 unspecified atom stereocenters. The van der Waals surface area contributed by atoms with Crippen LogP contribution in [0.3, 0.4) is 0 Å². The topological polar surface area (TPSA) is 65.0 Å². The quantitative estimate of drug-likeness (QED) is 0.612. The summed E-state index contributed by atoms with van der Waals surface area (Å²) < 4.78 is 16.8. The van der Waals surface area contributed by atoms with E-state index in [4.69, 9.17) is 14.2 Å². The summed E-state index contributed by atoms with van der Waals surface area (Å²) in [5, 5.41) is 10.2. The largest absolute Gasteiger partial charge is 0.516 e. The number of benzene rings is 2. The molecular weight excluding hydrogens is 394 g/mol. The summed E-state index contributed by atoms with van der Waals surface area (Å²) in [6.45, 7) is 3.02. The monoisotopic (exact) mass is 428 g/mol. The van der Waals surface area contributed by atoms with Crippen LogP contribution >= 0.6 is 0 Å². The molecular formula is C25H34NO5+. The SMILES string of the molecule is CCOC(=O)[N+]1(C)C[C@H](O)C[C@H]1CCOc1ccccc1CCc1cccc(OC)c1. The van der Waals surface area contributed by atoms with Crippen molar-refractivity contribution in [1.29, 1.82) is 0 Å². The van der Waals surface area contributed by atoms with E-state index in [1.165, 1.54) is 5.56 Å². The molecule has 31 heavy (non-hydrogen) atoms. The Morgan fingerprint density at radius 2 is 1.97 bits per heavy atom. The first kappa shape index (κ1) is 23.1. The molecule has 2 aromatic carbocycles. The molecule has 6 nitrogen and oxygen atoms in total. The summed E-state index contributed by atoms with van der Waals surface area (Å²) in [6, 6.07) is 16.2. The van der Waals surface area contributed by atoms with Crippen molar-refractivity contribution < 1.29 is 28.6 Å². The van der Waals surface area contributed by atoms with E-state index in [0.717, 1.165) is 29.9 Å². The standard InChI is InChI=1S/C25H34NO5/c1-4-30-25(28)26(2)18-22(27)17-21(26)14-15-31-24-11-6-5-9-20(24)13-12-19-8-7-10-23(16-19)29-3/h5-11,16,21-22,27H,4,12-15,17-18H2,1-3H3/q+1/t21-,22-,26?/m1/s1. The lowest BCUT2D eigenvalue weighted by molar-refractivity contribution is -0.851. The number of hydrogen-bond donors (Lipinski definition) is 1. The molecule has 0 radical (unpaired) electrons. The smallest absolute Gasteiger partial charge is 0.497 e. The normalized spacial score (nSPS) is 22.8. The molecule has 168 valence electrons. The number of para-hydroxylation sites is 1. The van der Waals surface area contributed by atoms with Gasteiger partial charge in [0.05, 0.1) is 27.4 Å². The van der Waals surface area contributed by atoms with Gasteiger partial charge in [-0.05, 0) is 49.1 Å². The minimum atomic E-state index is -0.491. The molecule has 1 saturated heterocycles. The number of ether oxygens (including phenoxy) is 3. The van der Waals surface area contributed by atoms with E-state index in [0.29, 0.717) is 32.6 Å². The fourth-order valence-electron chi connectivity index (χ4n) is 4.37. The van der Waals surface area contributed by atoms with Gasteiger partial charge < -0.3 is 19.3 Å². The summed E-state index contributed by atoms with van der Waals surface area (Å²) in [6.07, 6.45) is 2.25. The second-order valence-electron chi connectivity index (χ2n) is 8.29. The van der Waals surface area contributed by atoms with Crippen molar-refractivity contribution in [2.45, 2.75) is 44.8 Å². The first-order chi connectivity index (χ1) is 15.0. The Morgan fingerprint density at radius 3 is 2.74 bits per heavy atom. The number of hydrogen-bond acceptors (Lipinski definition) is 5. The Kier molecular flexibility index (Phi) is 7.93. The lowest BCUT2D eigenvalue weighted by Gasteiger charge is -2.31. The van der Waals surface area contributed by atoms with Crippen LogP contribution in [0.15, 0.2) is 48.5 Å². The van der Waals surface area contributed by atoms with Crippen LogP contribution < -0.4 is 9.47 Å². The minimum Gasteiger partial charge on any atom is -0.497 e. The van der Waals surface area contributed by atoms with Gasteiger partial charge in [0.2, 0.25) is 0 Å². The number of rotatable bonds is 9. The Hall–Kier alpha value is -2.57. The van der Waals surface area contributed by atoms with E-state index >= 15 is 0 Å². The fourth-order valence-corrected chi connectivity index (χ4v) is 4.37. The molecule has 1 fully saturated rings. The van der Waals surface area contributed by atoms with E-state index in [2.05, 4.69) is 18.2 Å². The van der Waals surface area contributed by atoms with E-state index in [-0.39, 0.29) is 16.6 Å². The molecule has 0 aliphatic carbocycles. The number of amides is 1. The molecule has 3 rings (SSSR count). The van der Waals surface area contributed by atoms with Crippen molar-refractivity contribution in [2.24, 2.45) is 0 Å². The Balaban J connectivity index is 1.59. The Morgan fingerprint density at radius 1 is 1.16 bits per heavy atom. The van der Waals surface area contributed by atoms with Crippen molar-refractivity contribution >= 4 is 6.09 Å². The zero-order valence-corrected chi connectivity index (χ0v) is 18.8. The highest BCUT2D eigenvalue weighted by molar-refractivity contribution is 5.60. The summed E-state index contributed by atoms with van der Waals surface area (Å²) in [7, 11) is 3.53. The summed E-state index contributed by atoms with van der Waals surface area (Å²) >= 11 is 0. The average Bonchev–Trinajstić information content (AvgIpc) is 3.07. The number of nitrogens with zero attached hydrogens (tertiary/aromatic N) is 1. The maximum atomic E-state index is 12.5. The molecule has 3 atom stereocenters. The third-order valence-corrected chi connectivity index (χ3v) is 6.12. The molecule has 1 heterocycles. The molecule has 0 spiro atoms. The van der Waals surface area contributed by atoms with Crippen LogP contribution in [0.1, 0.15) is 30.9 Å². The lowest BCUT2D eigenvalue weighted by atomic mass is 10.0. The summed E-state index contributed by atoms with van der Waals surface area (Å²) in [5.74, 6) is 1.73. The van der Waals surface area contributed by atoms with Crippen molar-refractivity contribution in [3.05, 3.63) is 59.7 Å². The first-order valence-corrected chi connectivity index (χ1v) is 11.0. The maximum absolute atomic E-state index is 12.5. The second kappa shape index (κ2) is 10.6. The third-order valence-electron chi connectivity index (χ3n) is 6.12. The molecule has 6 heteroatoms. The van der Waals surface area contributed by atoms with Crippen LogP contribution in [0.5, 0.6) is 11.5 Å². The molecule has 1 aliphatic heterocycles. The van der Waals surface area contributed by atoms with Crippen LogP contribution in [0.25, 0.3) is 0 Å². The van der Waals surface area contributed by atoms with Gasteiger partial charge in [-0.25, -0.2) is 4.48 Å². The first-order valence-electron chi connectivity index (χ1n) is 11.0. The van der Waals surface area contributed by atoms with Gasteiger partial charge in [0.1, 0.15) is 30.2 Å². The van der Waals surface area contributed by atoms with Gasteiger partial charge in [0, 0.05) is 12.8 Å². The van der Waals surface area contributed by atoms with Crippen LogP contribution in [-0.2, 0) is 17.6 Å². The number of likely N-dealkylation sites (N-methyl/N-ethyl adjacent to an activating group) is 1. The summed E-state index contributed by atoms with van der Waals surface area (Å²) in [5.41, 5.74) is 2.37. The zero-order chi connectivity index (χ0) is 22.3. The van der Waals surface area contributed by atoms with Crippen molar-refractivity contribution in [3.8, 4) is 11.5 Å². The fraction of sp³-hybridized carbons (Fsp3) is 0.480. The van der Waals surface area contributed by atoms with Gasteiger partial charge in [0.25, 0.3) is 0 Å². The van der Waals surface area contributed by atoms with E-state index < -0.39 is 6.10 Å². The van der Waals surface area contributed by atoms with Gasteiger partial charge in [0.15, 0.2) is 0 Å². The third kappa shape index (κ3) is 5.77. The van der Waals surface area contributed by atoms with Crippen LogP contribution in [-0.4, -0.2) is 61.7 Å². The van der Waals surface area contributed by atoms with Crippen molar-refractivity contribution in [1.82, 2.24) is 0 Å². The molecule has 0 bridgehead atoms. The number of aryl methyl sites for hydroxylation is 2. The van der Waals surface area contributed by atoms with E-state index in [9.17, 15) is 9.90 Å². The predicted octanol–water partition coefficient (Wildman–Crippen LogP) is 3.99. The Bertz CT molecular complexity index is 870. The van der Waals surface area contributed by atoms with Crippen molar-refractivity contribution in [3.63, 3.8) is 0 Å². The highest BCUT2D eigenvalue weighted by Gasteiger charge is 2.49. The van der Waals surface area contributed by atoms with Crippen LogP contribution in [0.2, 0.25) is 0 Å². The number of quaternary nitrogens is 1. The van der Waals surface area contributed by atoms with Gasteiger partial charge in [-0.3, -0.25) is 0 Å². The van der Waals surface area contributed by atoms with E-state index in [1.54, 1.807) is 14.0 Å². The number of aliphatic hydroxyl groups is 1. The molecule has 0 saturated carbocycles. The molecule has 1 N–H and O–H groups in total. The molecule has 1 amide bonds. The molecule has 0 aromatic heterocycles. The van der Waals surface area contributed by atoms with Gasteiger partial charge in [-0.2, -0.15) is 4.79 Å². The van der Waals surface area contributed by atoms with Crippen LogP contribution in [0, 0.1) is 0 Å². The van der Waals surface area contributed by atoms with Gasteiger partial charge in [-0.15, -0.1) is 0 Å². The lowest BCUT2D eigenvalue weighted by Crippen LogP contribution is -2.53. The average molecular weight is 429 g/mol. The van der Waals surface area contributed by atoms with Crippen LogP contribution in [0.4, 0.5) is 4.79 Å². The van der Waals surface area contributed by atoms with Gasteiger partial charge in [-0.1, -0.05) is 30.3 Å². The highest BCUT2D eigenvalue weighted by atomic mass is 16.6. The number of carbonyl (C=O) groups excluding carboxylic acids is 1. The number of aliphatic hydroxyl groups excluding tert-OH is 1.